The molecule has 3 fully saturated rings. The van der Waals surface area contributed by atoms with E-state index < -0.39 is 12.1 Å². The van der Waals surface area contributed by atoms with Crippen LogP contribution in [0, 0.1) is 0 Å². The Hall–Kier alpha value is -3.19. The van der Waals surface area contributed by atoms with Crippen molar-refractivity contribution in [3.63, 3.8) is 0 Å². The number of carbonyl (C=O) groups excluding carboxylic acids is 3. The standard InChI is InChI=1S/C32H42N4O3/c1-2-27(35-21-11-12-22-35)30(37)33-26-18-10-9-17-25-19-20-28(36(25)32(26)39)31(38)34-29(23-13-5-3-6-14-23)24-15-7-4-8-16-24/h3-8,13-16,25-29H,2,9-12,17-22H2,1H3,(H,33,37)(H,34,38)/t25-,26-,27-,28-/m0/s1. The minimum atomic E-state index is -0.579. The van der Waals surface area contributed by atoms with Crippen molar-refractivity contribution in [3.05, 3.63) is 71.8 Å². The zero-order valence-corrected chi connectivity index (χ0v) is 23.1. The van der Waals surface area contributed by atoms with Gasteiger partial charge in [0, 0.05) is 6.04 Å². The van der Waals surface area contributed by atoms with Crippen LogP contribution in [0.4, 0.5) is 0 Å². The van der Waals surface area contributed by atoms with E-state index in [0.717, 1.165) is 69.2 Å². The Bertz CT molecular complexity index is 1080. The number of hydrogen-bond donors (Lipinski definition) is 2. The highest BCUT2D eigenvalue weighted by atomic mass is 16.2. The van der Waals surface area contributed by atoms with E-state index in [4.69, 9.17) is 0 Å². The Labute approximate surface area is 232 Å². The zero-order valence-electron chi connectivity index (χ0n) is 23.1. The smallest absolute Gasteiger partial charge is 0.246 e. The Balaban J connectivity index is 1.33. The summed E-state index contributed by atoms with van der Waals surface area (Å²) in [5, 5.41) is 6.40. The van der Waals surface area contributed by atoms with Crippen molar-refractivity contribution in [3.8, 4) is 0 Å². The summed E-state index contributed by atoms with van der Waals surface area (Å²) in [4.78, 5) is 45.3. The molecular weight excluding hydrogens is 488 g/mol. The number of hydrogen-bond acceptors (Lipinski definition) is 4. The molecule has 0 unspecified atom stereocenters. The van der Waals surface area contributed by atoms with Crippen LogP contribution in [-0.4, -0.2) is 64.8 Å². The second-order valence-electron chi connectivity index (χ2n) is 11.3. The van der Waals surface area contributed by atoms with E-state index in [2.05, 4.69) is 15.5 Å². The summed E-state index contributed by atoms with van der Waals surface area (Å²) in [6.45, 7) is 3.91. The number of fused-ring (bicyclic) bond motifs is 1. The lowest BCUT2D eigenvalue weighted by atomic mass is 9.97. The van der Waals surface area contributed by atoms with Crippen LogP contribution in [0.2, 0.25) is 0 Å². The molecule has 3 amide bonds. The number of nitrogens with one attached hydrogen (secondary N) is 2. The van der Waals surface area contributed by atoms with Gasteiger partial charge in [0.05, 0.1) is 12.1 Å². The fourth-order valence-electron chi connectivity index (χ4n) is 6.74. The first-order valence-electron chi connectivity index (χ1n) is 14.8. The van der Waals surface area contributed by atoms with Crippen LogP contribution in [0.5, 0.6) is 0 Å². The highest BCUT2D eigenvalue weighted by Gasteiger charge is 2.44. The first-order valence-corrected chi connectivity index (χ1v) is 14.8. The molecular formula is C32H42N4O3. The molecule has 5 rings (SSSR count). The molecule has 4 atom stereocenters. The molecule has 7 heteroatoms. The number of benzene rings is 2. The second kappa shape index (κ2) is 12.8. The van der Waals surface area contributed by atoms with Gasteiger partial charge in [-0.15, -0.1) is 0 Å². The van der Waals surface area contributed by atoms with Gasteiger partial charge in [0.15, 0.2) is 0 Å². The molecule has 0 bridgehead atoms. The van der Waals surface area contributed by atoms with Crippen LogP contribution in [0.1, 0.15) is 81.9 Å². The minimum Gasteiger partial charge on any atom is -0.343 e. The number of rotatable bonds is 8. The first-order chi connectivity index (χ1) is 19.1. The number of amides is 3. The maximum atomic E-state index is 14.0. The minimum absolute atomic E-state index is 0.0420. The van der Waals surface area contributed by atoms with Gasteiger partial charge in [-0.1, -0.05) is 80.4 Å². The van der Waals surface area contributed by atoms with Crippen molar-refractivity contribution in [1.82, 2.24) is 20.4 Å². The van der Waals surface area contributed by atoms with Gasteiger partial charge >= 0.3 is 0 Å². The molecule has 0 spiro atoms. The molecule has 39 heavy (non-hydrogen) atoms. The maximum absolute atomic E-state index is 14.0. The van der Waals surface area contributed by atoms with Crippen molar-refractivity contribution in [1.29, 1.82) is 0 Å². The van der Waals surface area contributed by atoms with Crippen LogP contribution in [-0.2, 0) is 14.4 Å². The van der Waals surface area contributed by atoms with Gasteiger partial charge in [0.1, 0.15) is 12.1 Å². The summed E-state index contributed by atoms with van der Waals surface area (Å²) in [5.74, 6) is -0.279. The molecule has 0 aliphatic carbocycles. The summed E-state index contributed by atoms with van der Waals surface area (Å²) in [7, 11) is 0. The van der Waals surface area contributed by atoms with Crippen molar-refractivity contribution < 1.29 is 14.4 Å². The van der Waals surface area contributed by atoms with Crippen LogP contribution < -0.4 is 10.6 Å². The second-order valence-corrected chi connectivity index (χ2v) is 11.3. The Morgan fingerprint density at radius 2 is 1.46 bits per heavy atom. The molecule has 208 valence electrons. The van der Waals surface area contributed by atoms with Crippen molar-refractivity contribution in [2.75, 3.05) is 13.1 Å². The highest BCUT2D eigenvalue weighted by molar-refractivity contribution is 5.94. The van der Waals surface area contributed by atoms with E-state index >= 15 is 0 Å². The third-order valence-electron chi connectivity index (χ3n) is 8.78. The number of carbonyl (C=O) groups is 3. The van der Waals surface area contributed by atoms with Crippen LogP contribution in [0.3, 0.4) is 0 Å². The fourth-order valence-corrected chi connectivity index (χ4v) is 6.74. The van der Waals surface area contributed by atoms with E-state index in [-0.39, 0.29) is 35.8 Å². The Morgan fingerprint density at radius 1 is 0.846 bits per heavy atom. The molecule has 0 saturated carbocycles. The van der Waals surface area contributed by atoms with Crippen LogP contribution in [0.25, 0.3) is 0 Å². The molecule has 3 aliphatic heterocycles. The van der Waals surface area contributed by atoms with Crippen LogP contribution in [0.15, 0.2) is 60.7 Å². The number of nitrogens with zero attached hydrogens (tertiary/aromatic N) is 2. The lowest BCUT2D eigenvalue weighted by Gasteiger charge is -2.36. The van der Waals surface area contributed by atoms with Gasteiger partial charge in [-0.25, -0.2) is 0 Å². The topological polar surface area (TPSA) is 81.8 Å². The van der Waals surface area contributed by atoms with Gasteiger partial charge in [0.2, 0.25) is 17.7 Å². The van der Waals surface area contributed by atoms with Gasteiger partial charge in [-0.3, -0.25) is 19.3 Å². The zero-order chi connectivity index (χ0) is 27.2. The van der Waals surface area contributed by atoms with E-state index in [1.165, 1.54) is 0 Å². The van der Waals surface area contributed by atoms with Crippen molar-refractivity contribution in [2.24, 2.45) is 0 Å². The van der Waals surface area contributed by atoms with E-state index in [1.54, 1.807) is 0 Å². The molecule has 2 aromatic rings. The molecule has 0 radical (unpaired) electrons. The quantitative estimate of drug-likeness (QED) is 0.537. The lowest BCUT2D eigenvalue weighted by Crippen LogP contribution is -2.58. The Morgan fingerprint density at radius 3 is 2.08 bits per heavy atom. The van der Waals surface area contributed by atoms with Gasteiger partial charge in [0.25, 0.3) is 0 Å². The Kier molecular flexibility index (Phi) is 8.97. The normalized spacial score (nSPS) is 24.6. The third-order valence-corrected chi connectivity index (χ3v) is 8.78. The summed E-state index contributed by atoms with van der Waals surface area (Å²) in [6.07, 6.45) is 7.85. The summed E-state index contributed by atoms with van der Waals surface area (Å²) < 4.78 is 0. The average molecular weight is 531 g/mol. The summed E-state index contributed by atoms with van der Waals surface area (Å²) in [6, 6.07) is 18.4. The number of likely N-dealkylation sites (tertiary alicyclic amines) is 1. The molecule has 0 aromatic heterocycles. The SMILES string of the molecule is CC[C@@H](C(=O)N[C@H]1CCCC[C@H]2CC[C@@H](C(=O)NC(c3ccccc3)c3ccccc3)N2C1=O)N1CCCC1. The van der Waals surface area contributed by atoms with E-state index in [9.17, 15) is 14.4 Å². The van der Waals surface area contributed by atoms with Crippen molar-refractivity contribution in [2.45, 2.75) is 94.9 Å². The predicted octanol–water partition coefficient (Wildman–Crippen LogP) is 4.19. The molecule has 3 saturated heterocycles. The van der Waals surface area contributed by atoms with E-state index in [1.807, 2.05) is 72.5 Å². The third kappa shape index (κ3) is 6.19. The molecule has 7 nitrogen and oxygen atoms in total. The molecule has 2 aromatic carbocycles. The highest BCUT2D eigenvalue weighted by Crippen LogP contribution is 2.32. The molecule has 3 heterocycles. The van der Waals surface area contributed by atoms with Gasteiger partial charge in [-0.05, 0) is 69.2 Å². The largest absolute Gasteiger partial charge is 0.343 e. The van der Waals surface area contributed by atoms with Gasteiger partial charge in [-0.2, -0.15) is 0 Å². The molecule has 3 aliphatic rings. The molecule has 2 N–H and O–H groups in total. The van der Waals surface area contributed by atoms with Crippen molar-refractivity contribution >= 4 is 17.7 Å². The van der Waals surface area contributed by atoms with Crippen LogP contribution >= 0.6 is 0 Å². The monoisotopic (exact) mass is 530 g/mol. The lowest BCUT2D eigenvalue weighted by molar-refractivity contribution is -0.145. The van der Waals surface area contributed by atoms with E-state index in [0.29, 0.717) is 12.8 Å². The summed E-state index contributed by atoms with van der Waals surface area (Å²) in [5.41, 5.74) is 2.01. The fraction of sp³-hybridized carbons (Fsp3) is 0.531. The van der Waals surface area contributed by atoms with Gasteiger partial charge < -0.3 is 15.5 Å². The summed E-state index contributed by atoms with van der Waals surface area (Å²) >= 11 is 0. The maximum Gasteiger partial charge on any atom is 0.246 e. The predicted molar refractivity (Wildman–Crippen MR) is 152 cm³/mol. The average Bonchev–Trinajstić information content (AvgIpc) is 3.64. The first kappa shape index (κ1) is 27.4.